The van der Waals surface area contributed by atoms with Gasteiger partial charge in [0.2, 0.25) is 0 Å². The molecule has 28 heavy (non-hydrogen) atoms. The van der Waals surface area contributed by atoms with Gasteiger partial charge in [0, 0.05) is 0 Å². The summed E-state index contributed by atoms with van der Waals surface area (Å²) in [6.45, 7) is 0. The Morgan fingerprint density at radius 1 is 0.929 bits per heavy atom. The monoisotopic (exact) mass is 366 g/mol. The molecule has 1 heterocycles. The Kier molecular flexibility index (Phi) is 4.16. The number of aromatic amines is 1. The largest absolute Gasteiger partial charge is 0.504 e. The molecule has 0 unspecified atom stereocenters. The minimum atomic E-state index is -0.0283. The van der Waals surface area contributed by atoms with Crippen LogP contribution in [0.3, 0.4) is 0 Å². The second kappa shape index (κ2) is 6.79. The highest BCUT2D eigenvalue weighted by molar-refractivity contribution is 5.84. The fourth-order valence-electron chi connectivity index (χ4n) is 3.05. The first-order valence-electron chi connectivity index (χ1n) is 8.44. The molecule has 3 aromatic carbocycles. The number of H-pyrrole nitrogens is 1. The molecule has 4 aromatic rings. The van der Waals surface area contributed by atoms with E-state index in [0.29, 0.717) is 33.8 Å². The van der Waals surface area contributed by atoms with Crippen molar-refractivity contribution in [3.8, 4) is 46.2 Å². The number of aromatic nitrogens is 2. The third-order valence-electron chi connectivity index (χ3n) is 4.51. The summed E-state index contributed by atoms with van der Waals surface area (Å²) in [6.07, 6.45) is 0. The maximum Gasteiger partial charge on any atom is 0.168 e. The van der Waals surface area contributed by atoms with E-state index < -0.39 is 0 Å². The van der Waals surface area contributed by atoms with E-state index in [9.17, 15) is 5.11 Å². The lowest BCUT2D eigenvalue weighted by atomic mass is 10.0. The van der Waals surface area contributed by atoms with Crippen molar-refractivity contribution in [3.05, 3.63) is 65.7 Å². The summed E-state index contributed by atoms with van der Waals surface area (Å²) in [6, 6.07) is 20.1. The average molecular weight is 366 g/mol. The van der Waals surface area contributed by atoms with Crippen LogP contribution in [-0.2, 0) is 0 Å². The fraction of sp³-hybridized carbons (Fsp3) is 0.0455. The van der Waals surface area contributed by atoms with E-state index in [4.69, 9.17) is 15.3 Å². The van der Waals surface area contributed by atoms with Gasteiger partial charge in [-0.25, -0.2) is 4.98 Å². The molecule has 0 aliphatic heterocycles. The number of hydrogen-bond acceptors (Lipinski definition) is 5. The van der Waals surface area contributed by atoms with Gasteiger partial charge in [-0.2, -0.15) is 10.5 Å². The van der Waals surface area contributed by atoms with Crippen molar-refractivity contribution in [1.82, 2.24) is 9.97 Å². The molecule has 134 valence electrons. The van der Waals surface area contributed by atoms with Crippen LogP contribution in [-0.4, -0.2) is 22.2 Å². The highest BCUT2D eigenvalue weighted by atomic mass is 16.5. The number of fused-ring (bicyclic) bond motifs is 1. The fourth-order valence-corrected chi connectivity index (χ4v) is 3.05. The first-order chi connectivity index (χ1) is 13.6. The van der Waals surface area contributed by atoms with Crippen LogP contribution >= 0.6 is 0 Å². The number of methoxy groups -OCH3 is 1. The predicted octanol–water partition coefficient (Wildman–Crippen LogP) is 4.35. The summed E-state index contributed by atoms with van der Waals surface area (Å²) < 4.78 is 5.34. The van der Waals surface area contributed by atoms with Gasteiger partial charge in [0.25, 0.3) is 0 Å². The maximum absolute atomic E-state index is 10.6. The second-order valence-electron chi connectivity index (χ2n) is 6.19. The van der Waals surface area contributed by atoms with Gasteiger partial charge in [-0.1, -0.05) is 12.1 Å². The maximum atomic E-state index is 10.6. The first kappa shape index (κ1) is 17.1. The number of phenolic OH excluding ortho intramolecular Hbond substituents is 1. The quantitative estimate of drug-likeness (QED) is 0.560. The van der Waals surface area contributed by atoms with E-state index in [0.717, 1.165) is 16.6 Å². The second-order valence-corrected chi connectivity index (χ2v) is 6.19. The van der Waals surface area contributed by atoms with E-state index in [-0.39, 0.29) is 5.75 Å². The van der Waals surface area contributed by atoms with Gasteiger partial charge in [-0.3, -0.25) is 0 Å². The van der Waals surface area contributed by atoms with Crippen LogP contribution in [0.4, 0.5) is 0 Å². The number of nitrogens with one attached hydrogen (secondary N) is 1. The Balaban J connectivity index is 1.88. The molecule has 0 fully saturated rings. The highest BCUT2D eigenvalue weighted by Gasteiger charge is 2.16. The van der Waals surface area contributed by atoms with Crippen LogP contribution in [0, 0.1) is 22.7 Å². The van der Waals surface area contributed by atoms with Gasteiger partial charge in [0.1, 0.15) is 5.82 Å². The van der Waals surface area contributed by atoms with Crippen LogP contribution in [0.2, 0.25) is 0 Å². The van der Waals surface area contributed by atoms with Crippen molar-refractivity contribution in [3.63, 3.8) is 0 Å². The molecular formula is C22H14N4O2. The molecule has 0 bridgehead atoms. The first-order valence-corrected chi connectivity index (χ1v) is 8.44. The van der Waals surface area contributed by atoms with Crippen molar-refractivity contribution in [2.45, 2.75) is 0 Å². The smallest absolute Gasteiger partial charge is 0.168 e. The molecule has 6 heteroatoms. The molecule has 2 N–H and O–H groups in total. The van der Waals surface area contributed by atoms with E-state index in [1.807, 2.05) is 18.2 Å². The van der Waals surface area contributed by atoms with Gasteiger partial charge in [0.15, 0.2) is 11.5 Å². The summed E-state index contributed by atoms with van der Waals surface area (Å²) in [5, 5.41) is 28.7. The average Bonchev–Trinajstić information content (AvgIpc) is 3.17. The molecular weight excluding hydrogens is 352 g/mol. The van der Waals surface area contributed by atoms with Crippen LogP contribution in [0.25, 0.3) is 33.5 Å². The zero-order chi connectivity index (χ0) is 19.7. The van der Waals surface area contributed by atoms with Crippen molar-refractivity contribution >= 4 is 11.0 Å². The molecule has 0 radical (unpaired) electrons. The Morgan fingerprint density at radius 3 is 2.32 bits per heavy atom. The number of hydrogen-bond donors (Lipinski definition) is 2. The molecule has 0 saturated heterocycles. The topological polar surface area (TPSA) is 106 Å². The third kappa shape index (κ3) is 2.90. The van der Waals surface area contributed by atoms with Gasteiger partial charge < -0.3 is 14.8 Å². The van der Waals surface area contributed by atoms with Crippen molar-refractivity contribution in [1.29, 1.82) is 10.5 Å². The highest BCUT2D eigenvalue weighted by Crippen LogP contribution is 2.40. The van der Waals surface area contributed by atoms with E-state index >= 15 is 0 Å². The Hall–Kier alpha value is -4.29. The zero-order valence-electron chi connectivity index (χ0n) is 14.9. The lowest BCUT2D eigenvalue weighted by molar-refractivity contribution is 0.374. The number of phenols is 1. The van der Waals surface area contributed by atoms with Crippen LogP contribution in [0.15, 0.2) is 54.6 Å². The van der Waals surface area contributed by atoms with Crippen LogP contribution in [0.1, 0.15) is 11.1 Å². The summed E-state index contributed by atoms with van der Waals surface area (Å²) in [4.78, 5) is 7.70. The van der Waals surface area contributed by atoms with E-state index in [1.165, 1.54) is 7.11 Å². The summed E-state index contributed by atoms with van der Waals surface area (Å²) >= 11 is 0. The Bertz CT molecular complexity index is 1280. The summed E-state index contributed by atoms with van der Waals surface area (Å²) in [7, 11) is 1.49. The lowest BCUT2D eigenvalue weighted by Gasteiger charge is -2.11. The predicted molar refractivity (Wildman–Crippen MR) is 105 cm³/mol. The van der Waals surface area contributed by atoms with Crippen molar-refractivity contribution in [2.24, 2.45) is 0 Å². The zero-order valence-corrected chi connectivity index (χ0v) is 14.9. The molecule has 1 aromatic heterocycles. The van der Waals surface area contributed by atoms with Crippen molar-refractivity contribution in [2.75, 3.05) is 7.11 Å². The third-order valence-corrected chi connectivity index (χ3v) is 4.51. The summed E-state index contributed by atoms with van der Waals surface area (Å²) in [5.41, 5.74) is 4.65. The number of benzene rings is 3. The van der Waals surface area contributed by atoms with Crippen LogP contribution in [0.5, 0.6) is 11.5 Å². The minimum absolute atomic E-state index is 0.0283. The Morgan fingerprint density at radius 2 is 1.64 bits per heavy atom. The Labute approximate surface area is 160 Å². The molecule has 0 amide bonds. The number of ether oxygens (including phenoxy) is 1. The van der Waals surface area contributed by atoms with E-state index in [2.05, 4.69) is 22.1 Å². The normalized spacial score (nSPS) is 10.4. The van der Waals surface area contributed by atoms with Gasteiger partial charge >= 0.3 is 0 Å². The number of rotatable bonds is 3. The van der Waals surface area contributed by atoms with Crippen molar-refractivity contribution < 1.29 is 9.84 Å². The standard InChI is InChI=1S/C22H14N4O2/c1-28-20-10-16(15-5-2-13(11-23)3-6-15)9-17(21(20)27)22-25-18-7-4-14(12-24)8-19(18)26-22/h2-10,27H,1H3,(H,25,26). The molecule has 0 aliphatic rings. The SMILES string of the molecule is COc1cc(-c2ccc(C#N)cc2)cc(-c2nc3cc(C#N)ccc3[nH]2)c1O. The number of aromatic hydroxyl groups is 1. The molecule has 6 nitrogen and oxygen atoms in total. The molecule has 0 aliphatic carbocycles. The lowest BCUT2D eigenvalue weighted by Crippen LogP contribution is -1.90. The van der Waals surface area contributed by atoms with E-state index in [1.54, 1.807) is 36.4 Å². The number of nitriles is 2. The number of nitrogens with zero attached hydrogens (tertiary/aromatic N) is 3. The minimum Gasteiger partial charge on any atom is -0.504 e. The number of imidazole rings is 1. The molecule has 4 rings (SSSR count). The molecule has 0 spiro atoms. The van der Waals surface area contributed by atoms with Gasteiger partial charge in [-0.05, 0) is 53.6 Å². The van der Waals surface area contributed by atoms with Crippen LogP contribution < -0.4 is 4.74 Å². The molecule has 0 saturated carbocycles. The summed E-state index contributed by atoms with van der Waals surface area (Å²) in [5.74, 6) is 0.755. The molecule has 0 atom stereocenters. The van der Waals surface area contributed by atoms with Gasteiger partial charge in [-0.15, -0.1) is 0 Å². The van der Waals surface area contributed by atoms with Gasteiger partial charge in [0.05, 0.1) is 47.0 Å².